The molecule has 0 N–H and O–H groups in total. The van der Waals surface area contributed by atoms with Crippen LogP contribution in [0.3, 0.4) is 0 Å². The normalized spacial score (nSPS) is 15.8. The summed E-state index contributed by atoms with van der Waals surface area (Å²) in [6.07, 6.45) is 6.74. The third-order valence-electron chi connectivity index (χ3n) is 2.81. The van der Waals surface area contributed by atoms with Gasteiger partial charge in [0.25, 0.3) is 0 Å². The summed E-state index contributed by atoms with van der Waals surface area (Å²) in [6, 6.07) is 2.02. The van der Waals surface area contributed by atoms with Gasteiger partial charge in [-0.15, -0.1) is 0 Å². The summed E-state index contributed by atoms with van der Waals surface area (Å²) >= 11 is 0. The van der Waals surface area contributed by atoms with Crippen LogP contribution in [0.25, 0.3) is 0 Å². The summed E-state index contributed by atoms with van der Waals surface area (Å²) in [5.41, 5.74) is 1.22. The Kier molecular flexibility index (Phi) is 2.66. The number of nitrogens with zero attached hydrogens (tertiary/aromatic N) is 2. The lowest BCUT2D eigenvalue weighted by atomic mass is 10.1. The molecular weight excluding hydrogens is 176 g/mol. The van der Waals surface area contributed by atoms with Crippen molar-refractivity contribution in [1.29, 1.82) is 0 Å². The van der Waals surface area contributed by atoms with Gasteiger partial charge in [0.05, 0.1) is 0 Å². The molecule has 2 rings (SSSR count). The van der Waals surface area contributed by atoms with Crippen molar-refractivity contribution in [3.63, 3.8) is 0 Å². The summed E-state index contributed by atoms with van der Waals surface area (Å²) in [5, 5.41) is 4.09. The molecule has 14 heavy (non-hydrogen) atoms. The van der Waals surface area contributed by atoms with Crippen LogP contribution in [0.1, 0.15) is 31.4 Å². The van der Waals surface area contributed by atoms with Crippen LogP contribution >= 0.6 is 0 Å². The number of Topliss-reactive ketones (excluding diaryl/α,β-unsaturated/α-hetero) is 1. The summed E-state index contributed by atoms with van der Waals surface area (Å²) in [5.74, 6) is 0.883. The lowest BCUT2D eigenvalue weighted by Gasteiger charge is -2.00. The minimum absolute atomic E-state index is 0.418. The summed E-state index contributed by atoms with van der Waals surface area (Å²) in [7, 11) is 1.94. The zero-order chi connectivity index (χ0) is 9.97. The molecule has 1 heterocycles. The van der Waals surface area contributed by atoms with E-state index in [-0.39, 0.29) is 0 Å². The van der Waals surface area contributed by atoms with E-state index in [1.807, 2.05) is 17.8 Å². The van der Waals surface area contributed by atoms with Crippen LogP contribution in [0.2, 0.25) is 0 Å². The first kappa shape index (κ1) is 9.44. The van der Waals surface area contributed by atoms with Crippen LogP contribution in [0.4, 0.5) is 0 Å². The Labute approximate surface area is 84.1 Å². The Morgan fingerprint density at radius 1 is 1.64 bits per heavy atom. The van der Waals surface area contributed by atoms with Gasteiger partial charge < -0.3 is 0 Å². The summed E-state index contributed by atoms with van der Waals surface area (Å²) in [6.45, 7) is 0. The fourth-order valence-corrected chi connectivity index (χ4v) is 1.70. The van der Waals surface area contributed by atoms with Gasteiger partial charge >= 0.3 is 0 Å². The monoisotopic (exact) mass is 192 g/mol. The third kappa shape index (κ3) is 2.22. The van der Waals surface area contributed by atoms with Crippen molar-refractivity contribution in [2.45, 2.75) is 32.1 Å². The minimum atomic E-state index is 0.418. The highest BCUT2D eigenvalue weighted by Gasteiger charge is 2.28. The van der Waals surface area contributed by atoms with Gasteiger partial charge in [-0.25, -0.2) is 0 Å². The molecular formula is C11H16N2O. The van der Waals surface area contributed by atoms with Crippen LogP contribution < -0.4 is 0 Å². The zero-order valence-corrected chi connectivity index (χ0v) is 8.57. The number of hydrogen-bond acceptors (Lipinski definition) is 2. The van der Waals surface area contributed by atoms with Gasteiger partial charge in [0.1, 0.15) is 5.78 Å². The fourth-order valence-electron chi connectivity index (χ4n) is 1.70. The van der Waals surface area contributed by atoms with Crippen molar-refractivity contribution in [2.75, 3.05) is 0 Å². The van der Waals surface area contributed by atoms with Gasteiger partial charge in [-0.05, 0) is 31.7 Å². The lowest BCUT2D eigenvalue weighted by molar-refractivity contribution is -0.120. The molecule has 0 radical (unpaired) electrons. The standard InChI is InChI=1S/C11H16N2O/c1-13-10(7-8-12-13)3-2-4-11(14)9-5-6-9/h7-9H,2-6H2,1H3. The minimum Gasteiger partial charge on any atom is -0.299 e. The SMILES string of the molecule is Cn1nccc1CCCC(=O)C1CC1. The Morgan fingerprint density at radius 2 is 2.43 bits per heavy atom. The van der Waals surface area contributed by atoms with Gasteiger partial charge in [-0.1, -0.05) is 0 Å². The first-order valence-corrected chi connectivity index (χ1v) is 5.27. The van der Waals surface area contributed by atoms with E-state index < -0.39 is 0 Å². The van der Waals surface area contributed by atoms with Crippen LogP contribution in [0.15, 0.2) is 12.3 Å². The highest BCUT2D eigenvalue weighted by molar-refractivity contribution is 5.83. The van der Waals surface area contributed by atoms with Crippen molar-refractivity contribution >= 4 is 5.78 Å². The second-order valence-corrected chi connectivity index (χ2v) is 4.04. The predicted octanol–water partition coefficient (Wildman–Crippen LogP) is 1.72. The van der Waals surface area contributed by atoms with Crippen LogP contribution in [-0.4, -0.2) is 15.6 Å². The van der Waals surface area contributed by atoms with E-state index in [1.165, 1.54) is 5.69 Å². The van der Waals surface area contributed by atoms with Crippen molar-refractivity contribution in [1.82, 2.24) is 9.78 Å². The number of aromatic nitrogens is 2. The smallest absolute Gasteiger partial charge is 0.135 e. The van der Waals surface area contributed by atoms with E-state index in [0.717, 1.165) is 32.1 Å². The molecule has 0 spiro atoms. The van der Waals surface area contributed by atoms with E-state index in [0.29, 0.717) is 11.7 Å². The van der Waals surface area contributed by atoms with Crippen molar-refractivity contribution in [2.24, 2.45) is 13.0 Å². The van der Waals surface area contributed by atoms with Gasteiger partial charge in [-0.3, -0.25) is 9.48 Å². The van der Waals surface area contributed by atoms with Crippen molar-refractivity contribution in [3.8, 4) is 0 Å². The van der Waals surface area contributed by atoms with E-state index in [2.05, 4.69) is 5.10 Å². The molecule has 0 bridgehead atoms. The van der Waals surface area contributed by atoms with Gasteiger partial charge in [0, 0.05) is 31.3 Å². The molecule has 0 aliphatic heterocycles. The molecule has 1 aliphatic rings. The lowest BCUT2D eigenvalue weighted by Crippen LogP contribution is -2.03. The molecule has 1 aromatic rings. The molecule has 0 aromatic carbocycles. The van der Waals surface area contributed by atoms with Gasteiger partial charge in [-0.2, -0.15) is 5.10 Å². The highest BCUT2D eigenvalue weighted by Crippen LogP contribution is 2.31. The third-order valence-corrected chi connectivity index (χ3v) is 2.81. The van der Waals surface area contributed by atoms with Crippen LogP contribution in [0.5, 0.6) is 0 Å². The molecule has 1 fully saturated rings. The molecule has 1 saturated carbocycles. The number of carbonyl (C=O) groups excluding carboxylic acids is 1. The Bertz CT molecular complexity index is 326. The molecule has 3 heteroatoms. The van der Waals surface area contributed by atoms with Crippen molar-refractivity contribution < 1.29 is 4.79 Å². The molecule has 1 aliphatic carbocycles. The average Bonchev–Trinajstić information content (AvgIpc) is 2.93. The molecule has 0 saturated heterocycles. The van der Waals surface area contributed by atoms with Crippen LogP contribution in [-0.2, 0) is 18.3 Å². The Hall–Kier alpha value is -1.12. The second-order valence-electron chi connectivity index (χ2n) is 4.04. The molecule has 0 unspecified atom stereocenters. The molecule has 76 valence electrons. The molecule has 0 atom stereocenters. The zero-order valence-electron chi connectivity index (χ0n) is 8.57. The quantitative estimate of drug-likeness (QED) is 0.712. The highest BCUT2D eigenvalue weighted by atomic mass is 16.1. The molecule has 1 aromatic heterocycles. The number of hydrogen-bond donors (Lipinski definition) is 0. The number of rotatable bonds is 5. The van der Waals surface area contributed by atoms with Crippen LogP contribution in [0, 0.1) is 5.92 Å². The van der Waals surface area contributed by atoms with E-state index >= 15 is 0 Å². The summed E-state index contributed by atoms with van der Waals surface area (Å²) < 4.78 is 1.88. The second kappa shape index (κ2) is 3.95. The Balaban J connectivity index is 1.72. The van der Waals surface area contributed by atoms with E-state index in [4.69, 9.17) is 0 Å². The van der Waals surface area contributed by atoms with Crippen molar-refractivity contribution in [3.05, 3.63) is 18.0 Å². The fraction of sp³-hybridized carbons (Fsp3) is 0.636. The number of ketones is 1. The number of aryl methyl sites for hydroxylation is 2. The maximum Gasteiger partial charge on any atom is 0.135 e. The molecule has 3 nitrogen and oxygen atoms in total. The number of carbonyl (C=O) groups is 1. The first-order valence-electron chi connectivity index (χ1n) is 5.27. The summed E-state index contributed by atoms with van der Waals surface area (Å²) in [4.78, 5) is 11.4. The molecule has 0 amide bonds. The largest absolute Gasteiger partial charge is 0.299 e. The first-order chi connectivity index (χ1) is 6.77. The van der Waals surface area contributed by atoms with E-state index in [9.17, 15) is 4.79 Å². The Morgan fingerprint density at radius 3 is 3.00 bits per heavy atom. The maximum atomic E-state index is 11.4. The predicted molar refractivity (Wildman–Crippen MR) is 53.9 cm³/mol. The average molecular weight is 192 g/mol. The topological polar surface area (TPSA) is 34.9 Å². The van der Waals surface area contributed by atoms with Gasteiger partial charge in [0.2, 0.25) is 0 Å². The van der Waals surface area contributed by atoms with E-state index in [1.54, 1.807) is 6.20 Å². The van der Waals surface area contributed by atoms with Gasteiger partial charge in [0.15, 0.2) is 0 Å². The maximum absolute atomic E-state index is 11.4.